The van der Waals surface area contributed by atoms with Gasteiger partial charge >= 0.3 is 5.69 Å². The molecule has 3 saturated heterocycles. The highest BCUT2D eigenvalue weighted by atomic mass is 32.2. The summed E-state index contributed by atoms with van der Waals surface area (Å²) in [5.74, 6) is -0.246. The van der Waals surface area contributed by atoms with Crippen LogP contribution in [-0.2, 0) is 14.8 Å². The van der Waals surface area contributed by atoms with Crippen molar-refractivity contribution in [2.24, 2.45) is 5.41 Å². The number of hydrogen-bond acceptors (Lipinski definition) is 13. The average molecular weight is 906 g/mol. The third-order valence-electron chi connectivity index (χ3n) is 14.1. The minimum atomic E-state index is -4.67. The number of fused-ring (bicyclic) bond motifs is 2. The van der Waals surface area contributed by atoms with Gasteiger partial charge in [0.15, 0.2) is 5.75 Å². The van der Waals surface area contributed by atoms with Crippen molar-refractivity contribution in [3.05, 3.63) is 106 Å². The molecule has 2 N–H and O–H groups in total. The number of nitrogens with one attached hydrogen (secondary N) is 2. The van der Waals surface area contributed by atoms with E-state index in [1.165, 1.54) is 43.0 Å². The van der Waals surface area contributed by atoms with Crippen LogP contribution >= 0.6 is 0 Å². The molecular weight excluding hydrogens is 851 g/mol. The van der Waals surface area contributed by atoms with Gasteiger partial charge in [-0.1, -0.05) is 38.1 Å². The molecule has 4 fully saturated rings. The van der Waals surface area contributed by atoms with Crippen molar-refractivity contribution in [1.82, 2.24) is 24.5 Å². The standard InChI is InChI=1S/C48H55N7O9S/c1-31(2)38-6-3-4-7-39(38)41-8-5-15-54(41)34-26-48(27-34)12-16-53(17-13-48)33-9-10-40(43(23-33)63-35-22-32-11-14-49-46(32)50-28-35)47(56)51-65(59,60)37-24-42(55(57)58)45-44(25-37)62-30-36(64-45)29-52-18-20-61-21-19-52/h3-4,6-7,9-11,14,22-25,28,31,34,36,41H,5,8,12-13,15-21,26-27,29-30H2,1-2H3,(H,49,50)(H,51,56)/t36-,41-/m0/s1. The molecule has 10 rings (SSSR count). The number of aromatic nitrogens is 2. The largest absolute Gasteiger partial charge is 0.485 e. The maximum absolute atomic E-state index is 14.1. The fourth-order valence-electron chi connectivity index (χ4n) is 10.7. The van der Waals surface area contributed by atoms with E-state index >= 15 is 0 Å². The number of H-pyrrole nitrogens is 1. The number of hydrogen-bond donors (Lipinski definition) is 2. The maximum atomic E-state index is 14.1. The predicted octanol–water partition coefficient (Wildman–Crippen LogP) is 7.56. The highest BCUT2D eigenvalue weighted by Gasteiger charge is 2.50. The number of anilines is 1. The zero-order chi connectivity index (χ0) is 44.9. The van der Waals surface area contributed by atoms with Crippen molar-refractivity contribution in [1.29, 1.82) is 0 Å². The first kappa shape index (κ1) is 43.2. The Morgan fingerprint density at radius 3 is 2.62 bits per heavy atom. The molecule has 5 aliphatic rings. The molecule has 4 aliphatic heterocycles. The van der Waals surface area contributed by atoms with Gasteiger partial charge in [0.25, 0.3) is 15.9 Å². The first-order valence-corrected chi connectivity index (χ1v) is 24.2. The first-order chi connectivity index (χ1) is 31.4. The van der Waals surface area contributed by atoms with Gasteiger partial charge < -0.3 is 28.8 Å². The molecule has 0 radical (unpaired) electrons. The predicted molar refractivity (Wildman–Crippen MR) is 244 cm³/mol. The molecule has 0 unspecified atom stereocenters. The van der Waals surface area contributed by atoms with E-state index in [-0.39, 0.29) is 29.4 Å². The van der Waals surface area contributed by atoms with Gasteiger partial charge in [0.05, 0.1) is 34.8 Å². The van der Waals surface area contributed by atoms with E-state index in [2.05, 4.69) is 67.5 Å². The lowest BCUT2D eigenvalue weighted by atomic mass is 9.59. The lowest BCUT2D eigenvalue weighted by Gasteiger charge is -2.56. The van der Waals surface area contributed by atoms with E-state index in [4.69, 9.17) is 18.9 Å². The summed E-state index contributed by atoms with van der Waals surface area (Å²) in [4.78, 5) is 39.8. The quantitative estimate of drug-likeness (QED) is 0.0926. The number of sulfonamides is 1. The van der Waals surface area contributed by atoms with Crippen LogP contribution in [0.4, 0.5) is 11.4 Å². The van der Waals surface area contributed by atoms with Crippen LogP contribution in [0.2, 0.25) is 0 Å². The van der Waals surface area contributed by atoms with E-state index in [0.29, 0.717) is 67.7 Å². The number of carbonyl (C=O) groups excluding carboxylic acids is 1. The molecule has 1 amide bonds. The van der Waals surface area contributed by atoms with Crippen LogP contribution < -0.4 is 23.8 Å². The van der Waals surface area contributed by atoms with Crippen LogP contribution in [0.3, 0.4) is 0 Å². The van der Waals surface area contributed by atoms with E-state index in [0.717, 1.165) is 55.7 Å². The summed E-state index contributed by atoms with van der Waals surface area (Å²) in [5.41, 5.74) is 4.13. The Morgan fingerprint density at radius 1 is 1.03 bits per heavy atom. The zero-order valence-electron chi connectivity index (χ0n) is 36.7. The maximum Gasteiger partial charge on any atom is 0.316 e. The molecule has 1 spiro atoms. The molecule has 16 nitrogen and oxygen atoms in total. The molecular formula is C48H55N7O9S. The molecule has 0 bridgehead atoms. The number of aromatic amines is 1. The highest BCUT2D eigenvalue weighted by Crippen LogP contribution is 2.54. The molecule has 3 aromatic carbocycles. The number of rotatable bonds is 12. The van der Waals surface area contributed by atoms with Crippen LogP contribution in [0.15, 0.2) is 84.0 Å². The minimum absolute atomic E-state index is 0.0426. The summed E-state index contributed by atoms with van der Waals surface area (Å²) in [6, 6.07) is 20.8. The summed E-state index contributed by atoms with van der Waals surface area (Å²) >= 11 is 0. The summed E-state index contributed by atoms with van der Waals surface area (Å²) in [6.07, 6.45) is 9.70. The zero-order valence-corrected chi connectivity index (χ0v) is 37.6. The molecule has 2 aromatic heterocycles. The number of carbonyl (C=O) groups is 1. The van der Waals surface area contributed by atoms with E-state index in [1.807, 2.05) is 12.1 Å². The number of nitro benzene ring substituents is 1. The Kier molecular flexibility index (Phi) is 11.7. The van der Waals surface area contributed by atoms with Crippen molar-refractivity contribution in [3.8, 4) is 23.0 Å². The Bertz CT molecular complexity index is 2700. The molecule has 65 heavy (non-hydrogen) atoms. The normalized spacial score (nSPS) is 21.4. The summed E-state index contributed by atoms with van der Waals surface area (Å²) in [6.45, 7) is 10.4. The van der Waals surface area contributed by atoms with Crippen molar-refractivity contribution < 1.29 is 37.1 Å². The number of ether oxygens (including phenoxy) is 4. The molecule has 17 heteroatoms. The number of benzene rings is 3. The number of piperidine rings is 1. The molecule has 6 heterocycles. The Hall–Kier alpha value is -5.75. The van der Waals surface area contributed by atoms with Crippen LogP contribution in [-0.4, -0.2) is 110 Å². The van der Waals surface area contributed by atoms with Crippen molar-refractivity contribution in [2.45, 2.75) is 81.4 Å². The second kappa shape index (κ2) is 17.6. The van der Waals surface area contributed by atoms with Gasteiger partial charge in [-0.15, -0.1) is 0 Å². The lowest BCUT2D eigenvalue weighted by molar-refractivity contribution is -0.386. The number of pyridine rings is 1. The Balaban J connectivity index is 0.853. The fraction of sp³-hybridized carbons (Fsp3) is 0.458. The van der Waals surface area contributed by atoms with E-state index < -0.39 is 37.5 Å². The van der Waals surface area contributed by atoms with Gasteiger partial charge in [0.1, 0.15) is 29.9 Å². The number of morpholine rings is 1. The van der Waals surface area contributed by atoms with Gasteiger partial charge in [-0.05, 0) is 91.8 Å². The number of likely N-dealkylation sites (tertiary alicyclic amines) is 1. The van der Waals surface area contributed by atoms with Gasteiger partial charge in [-0.3, -0.25) is 24.7 Å². The summed E-state index contributed by atoms with van der Waals surface area (Å²) in [5, 5.41) is 13.1. The van der Waals surface area contributed by atoms with Gasteiger partial charge in [0.2, 0.25) is 5.75 Å². The highest BCUT2D eigenvalue weighted by molar-refractivity contribution is 7.90. The number of nitrogens with zero attached hydrogens (tertiary/aromatic N) is 5. The van der Waals surface area contributed by atoms with Crippen LogP contribution in [0.25, 0.3) is 11.0 Å². The second-order valence-electron chi connectivity index (χ2n) is 18.5. The van der Waals surface area contributed by atoms with Gasteiger partial charge in [-0.2, -0.15) is 0 Å². The van der Waals surface area contributed by atoms with Gasteiger partial charge in [-0.25, -0.2) is 18.1 Å². The third kappa shape index (κ3) is 8.74. The lowest BCUT2D eigenvalue weighted by Crippen LogP contribution is -2.54. The molecule has 1 saturated carbocycles. The SMILES string of the molecule is CC(C)c1ccccc1[C@@H]1CCCN1C1CC2(CCN(c3ccc(C(=O)NS(=O)(=O)c4cc5c(c([N+](=O)[O-])c4)O[C@@H](CN4CCOCC4)CO5)c(Oc4cnc5[nH]ccc5c4)c3)CC2)C1. The Morgan fingerprint density at radius 2 is 1.83 bits per heavy atom. The van der Waals surface area contributed by atoms with E-state index in [1.54, 1.807) is 24.4 Å². The van der Waals surface area contributed by atoms with Crippen LogP contribution in [0.5, 0.6) is 23.0 Å². The van der Waals surface area contributed by atoms with Crippen molar-refractivity contribution in [2.75, 3.05) is 64.0 Å². The molecule has 5 aromatic rings. The van der Waals surface area contributed by atoms with Crippen molar-refractivity contribution >= 4 is 38.3 Å². The number of amides is 1. The monoisotopic (exact) mass is 905 g/mol. The topological polar surface area (TPSA) is 182 Å². The molecule has 2 atom stereocenters. The average Bonchev–Trinajstić information content (AvgIpc) is 3.98. The summed E-state index contributed by atoms with van der Waals surface area (Å²) in [7, 11) is -4.67. The third-order valence-corrected chi connectivity index (χ3v) is 15.4. The minimum Gasteiger partial charge on any atom is -0.485 e. The molecule has 1 aliphatic carbocycles. The first-order valence-electron chi connectivity index (χ1n) is 22.8. The molecule has 342 valence electrons. The second-order valence-corrected chi connectivity index (χ2v) is 20.2. The van der Waals surface area contributed by atoms with Gasteiger partial charge in [0, 0.05) is 80.3 Å². The van der Waals surface area contributed by atoms with Crippen molar-refractivity contribution in [3.63, 3.8) is 0 Å². The smallest absolute Gasteiger partial charge is 0.316 e. The van der Waals surface area contributed by atoms with Crippen LogP contribution in [0, 0.1) is 15.5 Å². The number of nitro groups is 1. The Labute approximate surface area is 378 Å². The fourth-order valence-corrected chi connectivity index (χ4v) is 11.7. The summed E-state index contributed by atoms with van der Waals surface area (Å²) < 4.78 is 53.6. The van der Waals surface area contributed by atoms with E-state index in [9.17, 15) is 23.3 Å². The van der Waals surface area contributed by atoms with Crippen LogP contribution in [0.1, 0.15) is 85.8 Å².